The minimum Gasteiger partial charge on any atom is -0.481 e. The molecule has 0 aliphatic carbocycles. The number of carbonyl (C=O) groups excluding carboxylic acids is 1. The second-order valence-electron chi connectivity index (χ2n) is 5.64. The number of nitrogens with zero attached hydrogens (tertiary/aromatic N) is 3. The summed E-state index contributed by atoms with van der Waals surface area (Å²) in [5.74, 6) is -0.0848. The molecular formula is C18H18FN3O2S. The summed E-state index contributed by atoms with van der Waals surface area (Å²) in [5.41, 5.74) is 1.57. The van der Waals surface area contributed by atoms with Gasteiger partial charge in [-0.25, -0.2) is 9.37 Å². The molecule has 1 amide bonds. The topological polar surface area (TPSA) is 54.8 Å². The van der Waals surface area contributed by atoms with Gasteiger partial charge in [-0.05, 0) is 49.7 Å². The molecule has 1 aliphatic rings. The second kappa shape index (κ2) is 6.84. The number of rotatable bonds is 4. The van der Waals surface area contributed by atoms with Crippen LogP contribution in [0.1, 0.15) is 19.4 Å². The van der Waals surface area contributed by atoms with Crippen LogP contribution in [0.2, 0.25) is 0 Å². The van der Waals surface area contributed by atoms with Gasteiger partial charge in [0.25, 0.3) is 5.91 Å². The Balaban J connectivity index is 1.91. The Hall–Kier alpha value is -2.41. The lowest BCUT2D eigenvalue weighted by Gasteiger charge is -2.25. The van der Waals surface area contributed by atoms with Gasteiger partial charge >= 0.3 is 0 Å². The van der Waals surface area contributed by atoms with Crippen molar-refractivity contribution in [2.24, 2.45) is 4.99 Å². The van der Waals surface area contributed by atoms with Gasteiger partial charge in [-0.15, -0.1) is 0 Å². The van der Waals surface area contributed by atoms with Gasteiger partial charge < -0.3 is 9.64 Å². The first-order valence-corrected chi connectivity index (χ1v) is 8.65. The summed E-state index contributed by atoms with van der Waals surface area (Å²) in [4.78, 5) is 22.9. The first-order chi connectivity index (χ1) is 12.0. The van der Waals surface area contributed by atoms with E-state index in [1.54, 1.807) is 30.5 Å². The first kappa shape index (κ1) is 17.4. The van der Waals surface area contributed by atoms with Crippen LogP contribution in [-0.4, -0.2) is 29.7 Å². The molecular weight excluding hydrogens is 341 g/mol. The maximum Gasteiger partial charge on any atom is 0.269 e. The molecule has 130 valence electrons. The standard InChI is InChI=1S/C18H18FN3O2S/c1-4-22(14-7-5-13(19)6-8-14)17-21-16(23)18(2,25-17)12-9-10-20-15(11-12)24-3/h5-11H,4H2,1-3H3. The van der Waals surface area contributed by atoms with Gasteiger partial charge in [-0.1, -0.05) is 11.8 Å². The van der Waals surface area contributed by atoms with E-state index in [4.69, 9.17) is 4.74 Å². The third-order valence-corrected chi connectivity index (χ3v) is 5.39. The van der Waals surface area contributed by atoms with Crippen LogP contribution in [0.25, 0.3) is 0 Å². The molecule has 0 spiro atoms. The number of aromatic nitrogens is 1. The van der Waals surface area contributed by atoms with Gasteiger partial charge in [0.1, 0.15) is 10.6 Å². The van der Waals surface area contributed by atoms with Gasteiger partial charge in [-0.3, -0.25) is 4.79 Å². The van der Waals surface area contributed by atoms with Crippen molar-refractivity contribution < 1.29 is 13.9 Å². The zero-order valence-corrected chi connectivity index (χ0v) is 15.0. The number of aliphatic imine (C=N–C) groups is 1. The van der Waals surface area contributed by atoms with Crippen molar-refractivity contribution in [1.82, 2.24) is 4.98 Å². The number of halogens is 1. The lowest BCUT2D eigenvalue weighted by atomic mass is 10.0. The highest BCUT2D eigenvalue weighted by Crippen LogP contribution is 2.44. The van der Waals surface area contributed by atoms with Crippen molar-refractivity contribution in [3.05, 3.63) is 54.0 Å². The van der Waals surface area contributed by atoms with Gasteiger partial charge in [0.2, 0.25) is 5.88 Å². The monoisotopic (exact) mass is 359 g/mol. The zero-order chi connectivity index (χ0) is 18.0. The summed E-state index contributed by atoms with van der Waals surface area (Å²) in [5, 5.41) is 0.595. The van der Waals surface area contributed by atoms with E-state index in [9.17, 15) is 9.18 Å². The molecule has 0 saturated heterocycles. The quantitative estimate of drug-likeness (QED) is 0.835. The SMILES string of the molecule is CCN(C1=NC(=O)C(C)(c2ccnc(OC)c2)S1)c1ccc(F)cc1. The smallest absolute Gasteiger partial charge is 0.269 e. The molecule has 7 heteroatoms. The highest BCUT2D eigenvalue weighted by molar-refractivity contribution is 8.16. The fourth-order valence-electron chi connectivity index (χ4n) is 2.61. The van der Waals surface area contributed by atoms with Crippen LogP contribution in [0.15, 0.2) is 47.6 Å². The van der Waals surface area contributed by atoms with Crippen LogP contribution in [-0.2, 0) is 9.54 Å². The van der Waals surface area contributed by atoms with E-state index in [-0.39, 0.29) is 11.7 Å². The number of anilines is 1. The molecule has 0 N–H and O–H groups in total. The van der Waals surface area contributed by atoms with E-state index in [0.29, 0.717) is 17.6 Å². The van der Waals surface area contributed by atoms with Gasteiger partial charge in [0.15, 0.2) is 5.17 Å². The molecule has 1 aromatic carbocycles. The van der Waals surface area contributed by atoms with Crippen molar-refractivity contribution in [1.29, 1.82) is 0 Å². The summed E-state index contributed by atoms with van der Waals surface area (Å²) in [6, 6.07) is 9.69. The normalized spacial score (nSPS) is 19.7. The number of methoxy groups -OCH3 is 1. The number of hydrogen-bond donors (Lipinski definition) is 0. The minimum atomic E-state index is -0.848. The van der Waals surface area contributed by atoms with Crippen molar-refractivity contribution in [3.63, 3.8) is 0 Å². The summed E-state index contributed by atoms with van der Waals surface area (Å²) in [7, 11) is 1.54. The van der Waals surface area contributed by atoms with Crippen LogP contribution in [0.3, 0.4) is 0 Å². The molecule has 2 aromatic rings. The van der Waals surface area contributed by atoms with E-state index in [1.807, 2.05) is 18.7 Å². The maximum absolute atomic E-state index is 13.2. The minimum absolute atomic E-state index is 0.235. The Labute approximate surface area is 149 Å². The number of amides is 1. The Morgan fingerprint density at radius 3 is 2.64 bits per heavy atom. The molecule has 3 rings (SSSR count). The summed E-state index contributed by atoms with van der Waals surface area (Å²) >= 11 is 1.37. The fourth-order valence-corrected chi connectivity index (χ4v) is 3.82. The van der Waals surface area contributed by atoms with Crippen LogP contribution in [0, 0.1) is 5.82 Å². The molecule has 0 radical (unpaired) electrons. The van der Waals surface area contributed by atoms with Crippen LogP contribution >= 0.6 is 11.8 Å². The third kappa shape index (κ3) is 3.24. The summed E-state index contributed by atoms with van der Waals surface area (Å²) in [6.45, 7) is 4.41. The molecule has 0 bridgehead atoms. The average molecular weight is 359 g/mol. The molecule has 0 fully saturated rings. The van der Waals surface area contributed by atoms with Crippen LogP contribution in [0.5, 0.6) is 5.88 Å². The highest BCUT2D eigenvalue weighted by Gasteiger charge is 2.44. The first-order valence-electron chi connectivity index (χ1n) is 7.83. The predicted molar refractivity (Wildman–Crippen MR) is 97.6 cm³/mol. The lowest BCUT2D eigenvalue weighted by molar-refractivity contribution is -0.119. The molecule has 25 heavy (non-hydrogen) atoms. The molecule has 1 unspecified atom stereocenters. The van der Waals surface area contributed by atoms with E-state index < -0.39 is 4.75 Å². The van der Waals surface area contributed by atoms with Crippen molar-refractivity contribution >= 4 is 28.5 Å². The lowest BCUT2D eigenvalue weighted by Crippen LogP contribution is -2.29. The fraction of sp³-hybridized carbons (Fsp3) is 0.278. The summed E-state index contributed by atoms with van der Waals surface area (Å²) < 4.78 is 17.5. The molecule has 0 saturated carbocycles. The maximum atomic E-state index is 13.2. The zero-order valence-electron chi connectivity index (χ0n) is 14.2. The number of hydrogen-bond acceptors (Lipinski definition) is 5. The van der Waals surface area contributed by atoms with Crippen molar-refractivity contribution in [2.75, 3.05) is 18.6 Å². The number of thioether (sulfide) groups is 1. The second-order valence-corrected chi connectivity index (χ2v) is 7.03. The molecule has 2 heterocycles. The Morgan fingerprint density at radius 1 is 1.28 bits per heavy atom. The number of amidine groups is 1. The number of carbonyl (C=O) groups is 1. The van der Waals surface area contributed by atoms with Crippen LogP contribution < -0.4 is 9.64 Å². The average Bonchev–Trinajstić information content (AvgIpc) is 2.93. The Kier molecular flexibility index (Phi) is 4.76. The number of pyridine rings is 1. The third-order valence-electron chi connectivity index (χ3n) is 4.08. The van der Waals surface area contributed by atoms with E-state index >= 15 is 0 Å². The highest BCUT2D eigenvalue weighted by atomic mass is 32.2. The Morgan fingerprint density at radius 2 is 2.00 bits per heavy atom. The van der Waals surface area contributed by atoms with E-state index in [1.165, 1.54) is 31.0 Å². The summed E-state index contributed by atoms with van der Waals surface area (Å²) in [6.07, 6.45) is 1.61. The molecule has 1 aromatic heterocycles. The van der Waals surface area contributed by atoms with Gasteiger partial charge in [0, 0.05) is 24.5 Å². The van der Waals surface area contributed by atoms with Crippen LogP contribution in [0.4, 0.5) is 10.1 Å². The largest absolute Gasteiger partial charge is 0.481 e. The molecule has 1 atom stereocenters. The number of benzene rings is 1. The number of ether oxygens (including phenoxy) is 1. The van der Waals surface area contributed by atoms with Gasteiger partial charge in [0.05, 0.1) is 7.11 Å². The predicted octanol–water partition coefficient (Wildman–Crippen LogP) is 3.60. The van der Waals surface area contributed by atoms with E-state index in [0.717, 1.165) is 11.3 Å². The molecule has 5 nitrogen and oxygen atoms in total. The molecule has 1 aliphatic heterocycles. The Bertz CT molecular complexity index is 825. The van der Waals surface area contributed by atoms with Gasteiger partial charge in [-0.2, -0.15) is 4.99 Å². The van der Waals surface area contributed by atoms with E-state index in [2.05, 4.69) is 9.98 Å². The van der Waals surface area contributed by atoms with Crippen molar-refractivity contribution in [2.45, 2.75) is 18.6 Å². The van der Waals surface area contributed by atoms with Crippen molar-refractivity contribution in [3.8, 4) is 5.88 Å².